The molecule has 27 heavy (non-hydrogen) atoms. The quantitative estimate of drug-likeness (QED) is 0.352. The van der Waals surface area contributed by atoms with Gasteiger partial charge in [0.1, 0.15) is 5.75 Å². The number of hydrogen-bond acceptors (Lipinski definition) is 2. The van der Waals surface area contributed by atoms with E-state index in [9.17, 15) is 5.26 Å². The lowest BCUT2D eigenvalue weighted by molar-refractivity contribution is 0.147. The van der Waals surface area contributed by atoms with Crippen LogP contribution in [0.3, 0.4) is 0 Å². The molecule has 0 saturated heterocycles. The highest BCUT2D eigenvalue weighted by Gasteiger charge is 2.34. The first-order valence-corrected chi connectivity index (χ1v) is 11.4. The molecule has 1 aromatic carbocycles. The van der Waals surface area contributed by atoms with E-state index in [0.29, 0.717) is 5.41 Å². The molecule has 0 aromatic heterocycles. The average molecular weight is 370 g/mol. The summed E-state index contributed by atoms with van der Waals surface area (Å²) in [4.78, 5) is 0. The van der Waals surface area contributed by atoms with Gasteiger partial charge < -0.3 is 4.74 Å². The first-order valence-electron chi connectivity index (χ1n) is 11.4. The van der Waals surface area contributed by atoms with Gasteiger partial charge in [-0.25, -0.2) is 0 Å². The molecule has 2 heteroatoms. The molecular weight excluding hydrogens is 330 g/mol. The number of ether oxygens (including phenoxy) is 1. The predicted molar refractivity (Wildman–Crippen MR) is 114 cm³/mol. The minimum absolute atomic E-state index is 0.0128. The van der Waals surface area contributed by atoms with Crippen molar-refractivity contribution in [3.8, 4) is 11.8 Å². The van der Waals surface area contributed by atoms with Crippen LogP contribution in [0.1, 0.15) is 109 Å². The van der Waals surface area contributed by atoms with Gasteiger partial charge >= 0.3 is 0 Å². The van der Waals surface area contributed by atoms with Crippen LogP contribution in [0.15, 0.2) is 24.3 Å². The first-order chi connectivity index (χ1) is 13.2. The molecule has 0 amide bonds. The van der Waals surface area contributed by atoms with Crippen LogP contribution in [-0.4, -0.2) is 6.61 Å². The Balaban J connectivity index is 1.98. The highest BCUT2D eigenvalue weighted by Crippen LogP contribution is 2.47. The molecule has 150 valence electrons. The van der Waals surface area contributed by atoms with Crippen LogP contribution in [0, 0.1) is 16.7 Å². The van der Waals surface area contributed by atoms with E-state index < -0.39 is 0 Å². The fraction of sp³-hybridized carbons (Fsp3) is 0.720. The lowest BCUT2D eigenvalue weighted by Crippen LogP contribution is -2.26. The Morgan fingerprint density at radius 1 is 0.963 bits per heavy atom. The number of nitrogens with zero attached hydrogens (tertiary/aromatic N) is 1. The Bertz CT molecular complexity index is 551. The SMILES string of the molecule is CCCCCOc1ccc(C(C#N)CC2(CCCCC)CCCCC2)cc1. The fourth-order valence-electron chi connectivity index (χ4n) is 4.62. The van der Waals surface area contributed by atoms with Gasteiger partial charge in [0.05, 0.1) is 18.6 Å². The van der Waals surface area contributed by atoms with Crippen molar-refractivity contribution >= 4 is 0 Å². The molecule has 1 fully saturated rings. The Hall–Kier alpha value is -1.49. The van der Waals surface area contributed by atoms with Gasteiger partial charge in [0, 0.05) is 0 Å². The second-order valence-corrected chi connectivity index (χ2v) is 8.53. The summed E-state index contributed by atoms with van der Waals surface area (Å²) >= 11 is 0. The maximum atomic E-state index is 9.88. The maximum absolute atomic E-state index is 9.88. The van der Waals surface area contributed by atoms with Gasteiger partial charge in [-0.15, -0.1) is 0 Å². The number of rotatable bonds is 12. The largest absolute Gasteiger partial charge is 0.494 e. The van der Waals surface area contributed by atoms with E-state index in [4.69, 9.17) is 4.74 Å². The van der Waals surface area contributed by atoms with Crippen LogP contribution in [0.5, 0.6) is 5.75 Å². The molecule has 1 aliphatic carbocycles. The van der Waals surface area contributed by atoms with Crippen LogP contribution in [0.25, 0.3) is 0 Å². The zero-order chi connectivity index (χ0) is 19.4. The van der Waals surface area contributed by atoms with Crippen LogP contribution in [0.2, 0.25) is 0 Å². The van der Waals surface area contributed by atoms with E-state index in [0.717, 1.165) is 25.2 Å². The molecule has 1 saturated carbocycles. The van der Waals surface area contributed by atoms with Crippen LogP contribution < -0.4 is 4.74 Å². The van der Waals surface area contributed by atoms with E-state index in [-0.39, 0.29) is 5.92 Å². The van der Waals surface area contributed by atoms with Crippen molar-refractivity contribution in [2.45, 2.75) is 103 Å². The molecule has 2 nitrogen and oxygen atoms in total. The van der Waals surface area contributed by atoms with E-state index in [1.54, 1.807) is 0 Å². The van der Waals surface area contributed by atoms with Gasteiger partial charge in [0.15, 0.2) is 0 Å². The minimum atomic E-state index is 0.0128. The Morgan fingerprint density at radius 2 is 1.63 bits per heavy atom. The van der Waals surface area contributed by atoms with Gasteiger partial charge in [-0.05, 0) is 55.2 Å². The third-order valence-corrected chi connectivity index (χ3v) is 6.32. The van der Waals surface area contributed by atoms with Crippen molar-refractivity contribution in [2.75, 3.05) is 6.61 Å². The standard InChI is InChI=1S/C25H39NO/c1-3-5-8-16-25(17-9-7-10-18-25)20-23(21-26)22-12-14-24(15-13-22)27-19-11-6-4-2/h12-15,23H,3-11,16-20H2,1-2H3. The molecule has 1 atom stereocenters. The summed E-state index contributed by atoms with van der Waals surface area (Å²) in [6, 6.07) is 11.0. The number of nitriles is 1. The van der Waals surface area contributed by atoms with Crippen molar-refractivity contribution in [2.24, 2.45) is 5.41 Å². The van der Waals surface area contributed by atoms with Crippen LogP contribution >= 0.6 is 0 Å². The molecule has 0 N–H and O–H groups in total. The van der Waals surface area contributed by atoms with E-state index >= 15 is 0 Å². The summed E-state index contributed by atoms with van der Waals surface area (Å²) in [5.74, 6) is 0.945. The highest BCUT2D eigenvalue weighted by molar-refractivity contribution is 5.32. The fourth-order valence-corrected chi connectivity index (χ4v) is 4.62. The van der Waals surface area contributed by atoms with Crippen molar-refractivity contribution in [1.82, 2.24) is 0 Å². The van der Waals surface area contributed by atoms with E-state index in [1.165, 1.54) is 76.2 Å². The molecule has 1 aliphatic rings. The second kappa shape index (κ2) is 12.1. The number of benzene rings is 1. The van der Waals surface area contributed by atoms with Gasteiger partial charge in [-0.1, -0.05) is 77.3 Å². The van der Waals surface area contributed by atoms with Crippen molar-refractivity contribution < 1.29 is 4.74 Å². The highest BCUT2D eigenvalue weighted by atomic mass is 16.5. The zero-order valence-electron chi connectivity index (χ0n) is 17.6. The van der Waals surface area contributed by atoms with Crippen molar-refractivity contribution in [1.29, 1.82) is 5.26 Å². The zero-order valence-corrected chi connectivity index (χ0v) is 17.6. The first kappa shape index (κ1) is 21.8. The third kappa shape index (κ3) is 7.21. The third-order valence-electron chi connectivity index (χ3n) is 6.32. The molecule has 0 spiro atoms. The normalized spacial score (nSPS) is 17.2. The number of unbranched alkanes of at least 4 members (excludes halogenated alkanes) is 4. The summed E-state index contributed by atoms with van der Waals surface area (Å²) in [5.41, 5.74) is 1.56. The van der Waals surface area contributed by atoms with Crippen LogP contribution in [0.4, 0.5) is 0 Å². The molecule has 1 unspecified atom stereocenters. The topological polar surface area (TPSA) is 33.0 Å². The van der Waals surface area contributed by atoms with Gasteiger partial charge in [0.2, 0.25) is 0 Å². The van der Waals surface area contributed by atoms with Crippen molar-refractivity contribution in [3.63, 3.8) is 0 Å². The van der Waals surface area contributed by atoms with Gasteiger partial charge in [0.25, 0.3) is 0 Å². The summed E-state index contributed by atoms with van der Waals surface area (Å²) in [5, 5.41) is 9.88. The van der Waals surface area contributed by atoms with Gasteiger partial charge in [-0.3, -0.25) is 0 Å². The monoisotopic (exact) mass is 369 g/mol. The molecule has 2 rings (SSSR count). The van der Waals surface area contributed by atoms with E-state index in [2.05, 4.69) is 44.2 Å². The Labute approximate surface area is 167 Å². The Kier molecular flexibility index (Phi) is 9.74. The smallest absolute Gasteiger partial charge is 0.119 e. The molecule has 0 bridgehead atoms. The second-order valence-electron chi connectivity index (χ2n) is 8.53. The lowest BCUT2D eigenvalue weighted by Gasteiger charge is -2.39. The van der Waals surface area contributed by atoms with Gasteiger partial charge in [-0.2, -0.15) is 5.26 Å². The predicted octanol–water partition coefficient (Wildman–Crippen LogP) is 7.78. The molecule has 0 aliphatic heterocycles. The molecular formula is C25H39NO. The molecule has 0 radical (unpaired) electrons. The summed E-state index contributed by atoms with van der Waals surface area (Å²) < 4.78 is 5.83. The summed E-state index contributed by atoms with van der Waals surface area (Å²) in [6.45, 7) is 5.27. The minimum Gasteiger partial charge on any atom is -0.494 e. The van der Waals surface area contributed by atoms with E-state index in [1.807, 2.05) is 0 Å². The summed E-state index contributed by atoms with van der Waals surface area (Å²) in [6.07, 6.45) is 16.5. The number of hydrogen-bond donors (Lipinski definition) is 0. The lowest BCUT2D eigenvalue weighted by atomic mass is 9.65. The van der Waals surface area contributed by atoms with Crippen LogP contribution in [-0.2, 0) is 0 Å². The van der Waals surface area contributed by atoms with Crippen molar-refractivity contribution in [3.05, 3.63) is 29.8 Å². The maximum Gasteiger partial charge on any atom is 0.119 e. The molecule has 1 aromatic rings. The summed E-state index contributed by atoms with van der Waals surface area (Å²) in [7, 11) is 0. The molecule has 0 heterocycles. The Morgan fingerprint density at radius 3 is 2.26 bits per heavy atom. The average Bonchev–Trinajstić information content (AvgIpc) is 2.71.